The predicted octanol–water partition coefficient (Wildman–Crippen LogP) is 3.95. The molecule has 3 aromatic rings. The lowest BCUT2D eigenvalue weighted by molar-refractivity contribution is 0.101. The molecule has 2 aromatic heterocycles. The second kappa shape index (κ2) is 4.03. The van der Waals surface area contributed by atoms with Gasteiger partial charge in [0.15, 0.2) is 5.76 Å². The fourth-order valence-electron chi connectivity index (χ4n) is 1.98. The van der Waals surface area contributed by atoms with E-state index in [2.05, 4.69) is 4.98 Å². The van der Waals surface area contributed by atoms with Crippen molar-refractivity contribution < 1.29 is 9.21 Å². The minimum atomic E-state index is -0.128. The van der Waals surface area contributed by atoms with E-state index >= 15 is 0 Å². The number of nitrogens with one attached hydrogen (secondary N) is 1. The van der Waals surface area contributed by atoms with Gasteiger partial charge in [-0.2, -0.15) is 0 Å². The number of hydrogen-bond acceptors (Lipinski definition) is 2. The van der Waals surface area contributed by atoms with Crippen LogP contribution < -0.4 is 0 Å². The first kappa shape index (κ1) is 11.1. The Kier molecular flexibility index (Phi) is 2.49. The smallest absolute Gasteiger partial charge is 0.230 e. The number of carbonyl (C=O) groups is 1. The average Bonchev–Trinajstić information content (AvgIpc) is 2.94. The number of rotatable bonds is 2. The lowest BCUT2D eigenvalue weighted by Gasteiger charge is -1.96. The Hall–Kier alpha value is -2.00. The van der Waals surface area contributed by atoms with Crippen molar-refractivity contribution in [1.29, 1.82) is 0 Å². The van der Waals surface area contributed by atoms with Gasteiger partial charge in [-0.25, -0.2) is 0 Å². The molecule has 3 nitrogen and oxygen atoms in total. The van der Waals surface area contributed by atoms with Gasteiger partial charge in [0.2, 0.25) is 5.78 Å². The molecular formula is C14H10ClNO2. The maximum atomic E-state index is 12.3. The molecule has 0 radical (unpaired) electrons. The van der Waals surface area contributed by atoms with Crippen molar-refractivity contribution in [2.75, 3.05) is 0 Å². The second-order valence-corrected chi connectivity index (χ2v) is 4.57. The summed E-state index contributed by atoms with van der Waals surface area (Å²) < 4.78 is 5.35. The fraction of sp³-hybridized carbons (Fsp3) is 0.0714. The number of aromatic amines is 1. The zero-order valence-electron chi connectivity index (χ0n) is 9.66. The van der Waals surface area contributed by atoms with Crippen LogP contribution in [0.25, 0.3) is 10.9 Å². The molecule has 3 rings (SSSR count). The van der Waals surface area contributed by atoms with Crippen LogP contribution in [-0.4, -0.2) is 10.8 Å². The molecule has 0 fully saturated rings. The lowest BCUT2D eigenvalue weighted by atomic mass is 10.1. The van der Waals surface area contributed by atoms with Gasteiger partial charge in [0, 0.05) is 22.1 Å². The molecule has 4 heteroatoms. The lowest BCUT2D eigenvalue weighted by Crippen LogP contribution is -1.97. The Labute approximate surface area is 108 Å². The highest BCUT2D eigenvalue weighted by Crippen LogP contribution is 2.24. The Morgan fingerprint density at radius 3 is 2.83 bits per heavy atom. The highest BCUT2D eigenvalue weighted by Gasteiger charge is 2.17. The van der Waals surface area contributed by atoms with E-state index < -0.39 is 0 Å². The molecule has 0 saturated carbocycles. The molecule has 1 N–H and O–H groups in total. The van der Waals surface area contributed by atoms with Crippen molar-refractivity contribution in [3.05, 3.63) is 58.6 Å². The van der Waals surface area contributed by atoms with Crippen LogP contribution in [0.5, 0.6) is 0 Å². The van der Waals surface area contributed by atoms with E-state index in [1.807, 2.05) is 13.0 Å². The Morgan fingerprint density at radius 2 is 2.11 bits per heavy atom. The maximum Gasteiger partial charge on any atom is 0.230 e. The van der Waals surface area contributed by atoms with Crippen LogP contribution >= 0.6 is 11.6 Å². The van der Waals surface area contributed by atoms with E-state index in [9.17, 15) is 4.79 Å². The number of benzene rings is 1. The second-order valence-electron chi connectivity index (χ2n) is 4.13. The van der Waals surface area contributed by atoms with Gasteiger partial charge in [-0.3, -0.25) is 4.79 Å². The van der Waals surface area contributed by atoms with Crippen LogP contribution in [0.4, 0.5) is 0 Å². The number of halogens is 1. The van der Waals surface area contributed by atoms with Crippen LogP contribution in [-0.2, 0) is 0 Å². The molecule has 0 bridgehead atoms. The monoisotopic (exact) mass is 259 g/mol. The molecule has 0 amide bonds. The Balaban J connectivity index is 2.12. The summed E-state index contributed by atoms with van der Waals surface area (Å²) in [6.07, 6.45) is 1.68. The molecule has 0 atom stereocenters. The zero-order chi connectivity index (χ0) is 12.7. The summed E-state index contributed by atoms with van der Waals surface area (Å²) in [6.45, 7) is 1.81. The van der Waals surface area contributed by atoms with Crippen molar-refractivity contribution in [3.8, 4) is 0 Å². The summed E-state index contributed by atoms with van der Waals surface area (Å²) >= 11 is 5.90. The number of ketones is 1. The van der Waals surface area contributed by atoms with E-state index in [0.717, 1.165) is 16.7 Å². The van der Waals surface area contributed by atoms with Crippen LogP contribution in [0.15, 0.2) is 40.9 Å². The highest BCUT2D eigenvalue weighted by molar-refractivity contribution is 6.31. The first-order valence-corrected chi connectivity index (χ1v) is 5.91. The number of hydrogen-bond donors (Lipinski definition) is 1. The Bertz CT molecular complexity index is 739. The predicted molar refractivity (Wildman–Crippen MR) is 70.2 cm³/mol. The summed E-state index contributed by atoms with van der Waals surface area (Å²) in [7, 11) is 0. The molecule has 18 heavy (non-hydrogen) atoms. The molecule has 0 aliphatic carbocycles. The molecule has 90 valence electrons. The SMILES string of the molecule is Cc1ccc(C(=O)c2c[nH]c3cc(Cl)ccc23)o1. The Morgan fingerprint density at radius 1 is 1.28 bits per heavy atom. The van der Waals surface area contributed by atoms with Crippen LogP contribution in [0, 0.1) is 6.92 Å². The quantitative estimate of drug-likeness (QED) is 0.708. The van der Waals surface area contributed by atoms with Gasteiger partial charge < -0.3 is 9.40 Å². The van der Waals surface area contributed by atoms with Crippen molar-refractivity contribution >= 4 is 28.3 Å². The van der Waals surface area contributed by atoms with Crippen molar-refractivity contribution in [3.63, 3.8) is 0 Å². The number of fused-ring (bicyclic) bond motifs is 1. The summed E-state index contributed by atoms with van der Waals surface area (Å²) in [5, 5.41) is 1.48. The van der Waals surface area contributed by atoms with E-state index in [0.29, 0.717) is 16.3 Å². The number of carbonyl (C=O) groups excluding carboxylic acids is 1. The van der Waals surface area contributed by atoms with Crippen LogP contribution in [0.3, 0.4) is 0 Å². The van der Waals surface area contributed by atoms with E-state index in [1.165, 1.54) is 0 Å². The van der Waals surface area contributed by atoms with Crippen molar-refractivity contribution in [2.45, 2.75) is 6.92 Å². The van der Waals surface area contributed by atoms with Gasteiger partial charge in [-0.05, 0) is 31.2 Å². The largest absolute Gasteiger partial charge is 0.458 e. The van der Waals surface area contributed by atoms with Gasteiger partial charge in [-0.15, -0.1) is 0 Å². The van der Waals surface area contributed by atoms with Gasteiger partial charge in [0.1, 0.15) is 5.76 Å². The molecular weight excluding hydrogens is 250 g/mol. The first-order valence-electron chi connectivity index (χ1n) is 5.53. The average molecular weight is 260 g/mol. The highest BCUT2D eigenvalue weighted by atomic mass is 35.5. The summed E-state index contributed by atoms with van der Waals surface area (Å²) in [4.78, 5) is 15.3. The third-order valence-corrected chi connectivity index (χ3v) is 3.09. The normalized spacial score (nSPS) is 11.0. The molecule has 0 aliphatic heterocycles. The van der Waals surface area contributed by atoms with Crippen molar-refractivity contribution in [2.24, 2.45) is 0 Å². The molecule has 0 unspecified atom stereocenters. The van der Waals surface area contributed by atoms with Gasteiger partial charge in [0.25, 0.3) is 0 Å². The van der Waals surface area contributed by atoms with E-state index in [-0.39, 0.29) is 5.78 Å². The zero-order valence-corrected chi connectivity index (χ0v) is 10.4. The fourth-order valence-corrected chi connectivity index (χ4v) is 2.15. The molecule has 2 heterocycles. The number of aromatic nitrogens is 1. The molecule has 1 aromatic carbocycles. The van der Waals surface area contributed by atoms with E-state index in [4.69, 9.17) is 16.0 Å². The molecule has 0 spiro atoms. The maximum absolute atomic E-state index is 12.3. The minimum absolute atomic E-state index is 0.128. The number of aryl methyl sites for hydroxylation is 1. The van der Waals surface area contributed by atoms with Crippen molar-refractivity contribution in [1.82, 2.24) is 4.98 Å². The topological polar surface area (TPSA) is 46.0 Å². The minimum Gasteiger partial charge on any atom is -0.458 e. The van der Waals surface area contributed by atoms with Crippen LogP contribution in [0.2, 0.25) is 5.02 Å². The molecule has 0 saturated heterocycles. The number of furan rings is 1. The summed E-state index contributed by atoms with van der Waals surface area (Å²) in [5.41, 5.74) is 1.44. The van der Waals surface area contributed by atoms with Gasteiger partial charge >= 0.3 is 0 Å². The standard InChI is InChI=1S/C14H10ClNO2/c1-8-2-5-13(18-8)14(17)11-7-16-12-6-9(15)3-4-10(11)12/h2-7,16H,1H3. The van der Waals surface area contributed by atoms with Crippen LogP contribution in [0.1, 0.15) is 21.9 Å². The van der Waals surface area contributed by atoms with E-state index in [1.54, 1.807) is 30.5 Å². The molecule has 0 aliphatic rings. The van der Waals surface area contributed by atoms with Gasteiger partial charge in [-0.1, -0.05) is 17.7 Å². The number of H-pyrrole nitrogens is 1. The third kappa shape index (κ3) is 1.73. The summed E-state index contributed by atoms with van der Waals surface area (Å²) in [6, 6.07) is 8.85. The van der Waals surface area contributed by atoms with Gasteiger partial charge in [0.05, 0.1) is 5.56 Å². The summed E-state index contributed by atoms with van der Waals surface area (Å²) in [5.74, 6) is 0.946. The first-order chi connectivity index (χ1) is 8.65. The third-order valence-electron chi connectivity index (χ3n) is 2.85.